The molecule has 2 fully saturated rings. The van der Waals surface area contributed by atoms with E-state index in [0.29, 0.717) is 5.82 Å². The molecule has 1 aliphatic heterocycles. The summed E-state index contributed by atoms with van der Waals surface area (Å²) in [6.07, 6.45) is 4.57. The molecule has 1 aliphatic carbocycles. The zero-order valence-corrected chi connectivity index (χ0v) is 18.9. The van der Waals surface area contributed by atoms with E-state index >= 15 is 0 Å². The molecule has 2 atom stereocenters. The Morgan fingerprint density at radius 1 is 1.16 bits per heavy atom. The van der Waals surface area contributed by atoms with Gasteiger partial charge in [0.2, 0.25) is 11.6 Å². The van der Waals surface area contributed by atoms with Crippen molar-refractivity contribution in [3.05, 3.63) is 52.5 Å². The molecule has 3 heterocycles. The van der Waals surface area contributed by atoms with E-state index in [4.69, 9.17) is 0 Å². The van der Waals surface area contributed by atoms with E-state index in [1.54, 1.807) is 0 Å². The van der Waals surface area contributed by atoms with Gasteiger partial charge in [-0.2, -0.15) is 0 Å². The Morgan fingerprint density at radius 2 is 1.97 bits per heavy atom. The molecule has 166 valence electrons. The van der Waals surface area contributed by atoms with Gasteiger partial charge in [-0.15, -0.1) is 0 Å². The van der Waals surface area contributed by atoms with Gasteiger partial charge in [0, 0.05) is 29.4 Å². The van der Waals surface area contributed by atoms with Gasteiger partial charge in [0.05, 0.1) is 10.4 Å². The van der Waals surface area contributed by atoms with Crippen LogP contribution < -0.4 is 10.2 Å². The Hall–Kier alpha value is -3.29. The fourth-order valence-corrected chi connectivity index (χ4v) is 6.04. The van der Waals surface area contributed by atoms with Gasteiger partial charge in [-0.05, 0) is 61.3 Å². The molecule has 2 aliphatic rings. The summed E-state index contributed by atoms with van der Waals surface area (Å²) in [6, 6.07) is 9.85. The Kier molecular flexibility index (Phi) is 4.58. The average molecular weight is 433 g/mol. The number of nitro groups is 1. The molecule has 0 radical (unpaired) electrons. The summed E-state index contributed by atoms with van der Waals surface area (Å²) in [6.45, 7) is 9.58. The number of hydrogen-bond acceptors (Lipinski definition) is 7. The average Bonchev–Trinajstić information content (AvgIpc) is 2.96. The lowest BCUT2D eigenvalue weighted by Gasteiger charge is -2.39. The van der Waals surface area contributed by atoms with Crippen LogP contribution in [0, 0.1) is 27.9 Å². The fourth-order valence-electron chi connectivity index (χ4n) is 6.04. The van der Waals surface area contributed by atoms with E-state index in [1.807, 2.05) is 37.3 Å². The first-order valence-corrected chi connectivity index (χ1v) is 11.0. The van der Waals surface area contributed by atoms with Gasteiger partial charge < -0.3 is 10.2 Å². The van der Waals surface area contributed by atoms with Crippen molar-refractivity contribution in [1.29, 1.82) is 0 Å². The van der Waals surface area contributed by atoms with Gasteiger partial charge in [0.15, 0.2) is 0 Å². The van der Waals surface area contributed by atoms with Gasteiger partial charge in [-0.3, -0.25) is 15.1 Å². The molecule has 1 saturated carbocycles. The third-order valence-corrected chi connectivity index (χ3v) is 6.80. The predicted molar refractivity (Wildman–Crippen MR) is 125 cm³/mol. The molecule has 2 unspecified atom stereocenters. The minimum absolute atomic E-state index is 0.0708. The number of hydrogen-bond donors (Lipinski definition) is 1. The zero-order valence-electron chi connectivity index (χ0n) is 18.9. The number of fused-ring (bicyclic) bond motifs is 3. The van der Waals surface area contributed by atoms with Crippen LogP contribution in [-0.4, -0.2) is 32.5 Å². The summed E-state index contributed by atoms with van der Waals surface area (Å²) < 4.78 is 0. The lowest BCUT2D eigenvalue weighted by Crippen LogP contribution is -2.35. The van der Waals surface area contributed by atoms with Crippen molar-refractivity contribution in [1.82, 2.24) is 15.0 Å². The van der Waals surface area contributed by atoms with Gasteiger partial charge in [-0.25, -0.2) is 9.97 Å². The third-order valence-electron chi connectivity index (χ3n) is 6.80. The van der Waals surface area contributed by atoms with Crippen molar-refractivity contribution in [2.45, 2.75) is 53.0 Å². The molecular formula is C24H28N6O2. The smallest absolute Gasteiger partial charge is 0.347 e. The van der Waals surface area contributed by atoms with Crippen LogP contribution in [0.4, 0.5) is 23.0 Å². The van der Waals surface area contributed by atoms with Crippen molar-refractivity contribution in [2.24, 2.45) is 10.8 Å². The monoisotopic (exact) mass is 432 g/mol. The van der Waals surface area contributed by atoms with Crippen LogP contribution in [0.2, 0.25) is 0 Å². The van der Waals surface area contributed by atoms with E-state index in [9.17, 15) is 10.1 Å². The Bertz CT molecular complexity index is 1230. The molecule has 2 bridgehead atoms. The summed E-state index contributed by atoms with van der Waals surface area (Å²) >= 11 is 0. The summed E-state index contributed by atoms with van der Waals surface area (Å²) in [5, 5.41) is 16.3. The summed E-state index contributed by atoms with van der Waals surface area (Å²) in [5.41, 5.74) is 2.76. The maximum Gasteiger partial charge on any atom is 0.353 e. The van der Waals surface area contributed by atoms with Crippen LogP contribution in [0.25, 0.3) is 10.9 Å². The van der Waals surface area contributed by atoms with E-state index in [2.05, 4.69) is 45.9 Å². The summed E-state index contributed by atoms with van der Waals surface area (Å²) in [7, 11) is 0. The Morgan fingerprint density at radius 3 is 2.75 bits per heavy atom. The highest BCUT2D eigenvalue weighted by Gasteiger charge is 2.51. The van der Waals surface area contributed by atoms with Gasteiger partial charge >= 0.3 is 5.69 Å². The van der Waals surface area contributed by atoms with Crippen LogP contribution in [0.3, 0.4) is 0 Å². The molecule has 0 spiro atoms. The fraction of sp³-hybridized carbons (Fsp3) is 0.458. The molecule has 1 saturated heterocycles. The maximum absolute atomic E-state index is 12.2. The molecule has 32 heavy (non-hydrogen) atoms. The first kappa shape index (κ1) is 20.6. The van der Waals surface area contributed by atoms with E-state index in [1.165, 1.54) is 6.33 Å². The third kappa shape index (κ3) is 3.53. The standard InChI is InChI=1S/C24H28N6O2/c1-15-8-9-17-18(27-15)6-5-7-19(17)28-21-20(30(31)32)22(26-14-25-21)29-13-24(4)11-16(29)10-23(2,3)12-24/h5-9,14,16H,10-13H2,1-4H3,(H,25,26,28). The quantitative estimate of drug-likeness (QED) is 0.436. The van der Waals surface area contributed by atoms with E-state index in [-0.39, 0.29) is 33.3 Å². The number of aromatic nitrogens is 3. The van der Waals surface area contributed by atoms with Gasteiger partial charge in [-0.1, -0.05) is 26.8 Å². The van der Waals surface area contributed by atoms with Crippen molar-refractivity contribution in [2.75, 3.05) is 16.8 Å². The second kappa shape index (κ2) is 7.12. The Labute approximate surface area is 187 Å². The highest BCUT2D eigenvalue weighted by atomic mass is 16.6. The van der Waals surface area contributed by atoms with Gasteiger partial charge in [0.25, 0.3) is 0 Å². The van der Waals surface area contributed by atoms with Crippen LogP contribution >= 0.6 is 0 Å². The van der Waals surface area contributed by atoms with Crippen molar-refractivity contribution in [3.8, 4) is 0 Å². The highest BCUT2D eigenvalue weighted by Crippen LogP contribution is 2.54. The van der Waals surface area contributed by atoms with Crippen molar-refractivity contribution < 1.29 is 4.92 Å². The second-order valence-electron chi connectivity index (χ2n) is 10.4. The minimum Gasteiger partial charge on any atom is -0.347 e. The zero-order chi connectivity index (χ0) is 22.7. The van der Waals surface area contributed by atoms with Crippen LogP contribution in [-0.2, 0) is 0 Å². The molecular weight excluding hydrogens is 404 g/mol. The largest absolute Gasteiger partial charge is 0.353 e. The normalized spacial score (nSPS) is 24.0. The SMILES string of the molecule is Cc1ccc2c(Nc3ncnc(N4CC5(C)CC4CC(C)(C)C5)c3[N+](=O)[O-])cccc2n1. The first-order chi connectivity index (χ1) is 15.1. The van der Waals surface area contributed by atoms with E-state index in [0.717, 1.165) is 48.1 Å². The van der Waals surface area contributed by atoms with Crippen molar-refractivity contribution >= 4 is 33.9 Å². The first-order valence-electron chi connectivity index (χ1n) is 11.0. The van der Waals surface area contributed by atoms with Crippen LogP contribution in [0.5, 0.6) is 0 Å². The Balaban J connectivity index is 1.57. The van der Waals surface area contributed by atoms with Gasteiger partial charge in [0.1, 0.15) is 6.33 Å². The number of aryl methyl sites for hydroxylation is 1. The summed E-state index contributed by atoms with van der Waals surface area (Å²) in [4.78, 5) is 27.3. The lowest BCUT2D eigenvalue weighted by atomic mass is 9.65. The molecule has 3 aromatic rings. The van der Waals surface area contributed by atoms with Crippen LogP contribution in [0.1, 0.15) is 45.7 Å². The number of pyridine rings is 1. The molecule has 1 aromatic carbocycles. The molecule has 8 nitrogen and oxygen atoms in total. The van der Waals surface area contributed by atoms with Crippen molar-refractivity contribution in [3.63, 3.8) is 0 Å². The highest BCUT2D eigenvalue weighted by molar-refractivity contribution is 5.94. The van der Waals surface area contributed by atoms with E-state index < -0.39 is 0 Å². The number of anilines is 3. The maximum atomic E-state index is 12.2. The number of nitrogens with one attached hydrogen (secondary N) is 1. The number of nitrogens with zero attached hydrogens (tertiary/aromatic N) is 5. The molecule has 8 heteroatoms. The minimum atomic E-state index is -0.360. The molecule has 0 amide bonds. The number of benzene rings is 1. The second-order valence-corrected chi connectivity index (χ2v) is 10.4. The lowest BCUT2D eigenvalue weighted by molar-refractivity contribution is -0.383. The van der Waals surface area contributed by atoms with Crippen LogP contribution in [0.15, 0.2) is 36.7 Å². The molecule has 2 aromatic heterocycles. The molecule has 5 rings (SSSR count). The molecule has 1 N–H and O–H groups in total. The summed E-state index contributed by atoms with van der Waals surface area (Å²) in [5.74, 6) is 0.618. The topological polar surface area (TPSA) is 97.1 Å². The number of rotatable bonds is 4. The predicted octanol–water partition coefficient (Wildman–Crippen LogP) is 5.39.